The second-order valence-corrected chi connectivity index (χ2v) is 7.09. The molecule has 4 nitrogen and oxygen atoms in total. The van der Waals surface area contributed by atoms with Gasteiger partial charge in [-0.25, -0.2) is 4.98 Å². The molecule has 0 saturated carbocycles. The minimum atomic E-state index is -0.601. The van der Waals surface area contributed by atoms with Crippen LogP contribution in [0, 0.1) is 0 Å². The molecule has 0 unspecified atom stereocenters. The first-order chi connectivity index (χ1) is 11.2. The van der Waals surface area contributed by atoms with E-state index >= 15 is 0 Å². The Balaban J connectivity index is 1.52. The molecule has 23 heavy (non-hydrogen) atoms. The Labute approximate surface area is 137 Å². The van der Waals surface area contributed by atoms with Gasteiger partial charge in [0, 0.05) is 31.2 Å². The van der Waals surface area contributed by atoms with E-state index in [2.05, 4.69) is 45.1 Å². The van der Waals surface area contributed by atoms with Gasteiger partial charge in [0.1, 0.15) is 5.82 Å². The SMILES string of the molecule is O[C@@]1(CN2CCCCC2)CCN(c2nccc3ccccc23)C1. The van der Waals surface area contributed by atoms with Crippen LogP contribution in [0.4, 0.5) is 5.82 Å². The predicted octanol–water partition coefficient (Wildman–Crippen LogP) is 2.66. The highest BCUT2D eigenvalue weighted by Crippen LogP contribution is 2.31. The van der Waals surface area contributed by atoms with E-state index in [1.165, 1.54) is 30.0 Å². The van der Waals surface area contributed by atoms with Gasteiger partial charge in [0.2, 0.25) is 0 Å². The minimum Gasteiger partial charge on any atom is -0.387 e. The number of piperidine rings is 1. The van der Waals surface area contributed by atoms with Gasteiger partial charge in [-0.2, -0.15) is 0 Å². The molecule has 4 heteroatoms. The molecule has 0 spiro atoms. The number of fused-ring (bicyclic) bond motifs is 1. The summed E-state index contributed by atoms with van der Waals surface area (Å²) in [6.45, 7) is 4.63. The van der Waals surface area contributed by atoms with Gasteiger partial charge in [-0.1, -0.05) is 30.7 Å². The fourth-order valence-electron chi connectivity index (χ4n) is 4.06. The van der Waals surface area contributed by atoms with Crippen LogP contribution in [0.2, 0.25) is 0 Å². The summed E-state index contributed by atoms with van der Waals surface area (Å²) >= 11 is 0. The van der Waals surface area contributed by atoms with E-state index in [0.717, 1.165) is 38.4 Å². The number of hydrogen-bond donors (Lipinski definition) is 1. The van der Waals surface area contributed by atoms with Gasteiger partial charge >= 0.3 is 0 Å². The van der Waals surface area contributed by atoms with Gasteiger partial charge in [-0.15, -0.1) is 0 Å². The number of rotatable bonds is 3. The summed E-state index contributed by atoms with van der Waals surface area (Å²) in [5.74, 6) is 1.01. The Morgan fingerprint density at radius 2 is 1.87 bits per heavy atom. The molecule has 2 aliphatic heterocycles. The van der Waals surface area contributed by atoms with Crippen LogP contribution in [0.3, 0.4) is 0 Å². The van der Waals surface area contributed by atoms with Crippen LogP contribution in [-0.4, -0.2) is 53.3 Å². The molecule has 0 radical (unpaired) electrons. The van der Waals surface area contributed by atoms with Gasteiger partial charge in [0.25, 0.3) is 0 Å². The van der Waals surface area contributed by atoms with Crippen molar-refractivity contribution in [2.75, 3.05) is 37.6 Å². The summed E-state index contributed by atoms with van der Waals surface area (Å²) in [7, 11) is 0. The number of anilines is 1. The molecule has 3 heterocycles. The smallest absolute Gasteiger partial charge is 0.136 e. The van der Waals surface area contributed by atoms with Crippen molar-refractivity contribution in [1.82, 2.24) is 9.88 Å². The maximum Gasteiger partial charge on any atom is 0.136 e. The fourth-order valence-corrected chi connectivity index (χ4v) is 4.06. The van der Waals surface area contributed by atoms with Crippen molar-refractivity contribution in [3.8, 4) is 0 Å². The molecule has 1 aromatic heterocycles. The van der Waals surface area contributed by atoms with E-state index in [-0.39, 0.29) is 0 Å². The minimum absolute atomic E-state index is 0.601. The molecule has 2 aliphatic rings. The van der Waals surface area contributed by atoms with Crippen LogP contribution in [0.1, 0.15) is 25.7 Å². The van der Waals surface area contributed by atoms with Crippen LogP contribution in [-0.2, 0) is 0 Å². The van der Waals surface area contributed by atoms with Crippen LogP contribution in [0.15, 0.2) is 36.5 Å². The number of β-amino-alcohol motifs (C(OH)–C–C–N with tert-alkyl or cyclic N) is 1. The summed E-state index contributed by atoms with van der Waals surface area (Å²) in [5, 5.41) is 13.4. The van der Waals surface area contributed by atoms with E-state index in [9.17, 15) is 5.11 Å². The van der Waals surface area contributed by atoms with Crippen molar-refractivity contribution < 1.29 is 5.11 Å². The fraction of sp³-hybridized carbons (Fsp3) is 0.526. The topological polar surface area (TPSA) is 39.6 Å². The molecule has 2 saturated heterocycles. The third-order valence-electron chi connectivity index (χ3n) is 5.25. The van der Waals surface area contributed by atoms with Crippen LogP contribution in [0.5, 0.6) is 0 Å². The molecular weight excluding hydrogens is 286 g/mol. The van der Waals surface area contributed by atoms with E-state index in [1.807, 2.05) is 6.20 Å². The Morgan fingerprint density at radius 3 is 2.74 bits per heavy atom. The average Bonchev–Trinajstić information content (AvgIpc) is 2.97. The summed E-state index contributed by atoms with van der Waals surface area (Å²) in [6.07, 6.45) is 6.57. The first-order valence-corrected chi connectivity index (χ1v) is 8.77. The zero-order chi connectivity index (χ0) is 15.7. The first-order valence-electron chi connectivity index (χ1n) is 8.77. The van der Waals surface area contributed by atoms with Crippen molar-refractivity contribution >= 4 is 16.6 Å². The predicted molar refractivity (Wildman–Crippen MR) is 93.8 cm³/mol. The Bertz CT molecular complexity index is 678. The lowest BCUT2D eigenvalue weighted by atomic mass is 10.0. The van der Waals surface area contributed by atoms with Gasteiger partial charge in [0.15, 0.2) is 0 Å². The summed E-state index contributed by atoms with van der Waals surface area (Å²) < 4.78 is 0. The monoisotopic (exact) mass is 311 g/mol. The van der Waals surface area contributed by atoms with E-state index in [4.69, 9.17) is 0 Å². The molecule has 1 aromatic carbocycles. The van der Waals surface area contributed by atoms with Gasteiger partial charge in [-0.3, -0.25) is 0 Å². The standard InChI is InChI=1S/C19H25N3O/c23-19(14-21-11-4-1-5-12-21)9-13-22(15-19)18-17-7-3-2-6-16(17)8-10-20-18/h2-3,6-8,10,23H,1,4-5,9,11-15H2/t19-/m1/s1. The molecule has 1 atom stereocenters. The number of benzene rings is 1. The zero-order valence-corrected chi connectivity index (χ0v) is 13.6. The molecule has 1 N–H and O–H groups in total. The molecule has 4 rings (SSSR count). The third-order valence-corrected chi connectivity index (χ3v) is 5.25. The van der Waals surface area contributed by atoms with Gasteiger partial charge in [-0.05, 0) is 43.8 Å². The van der Waals surface area contributed by atoms with Crippen LogP contribution < -0.4 is 4.90 Å². The number of aliphatic hydroxyl groups is 1. The summed E-state index contributed by atoms with van der Waals surface area (Å²) in [5.41, 5.74) is -0.601. The molecular formula is C19H25N3O. The number of hydrogen-bond acceptors (Lipinski definition) is 4. The molecule has 122 valence electrons. The van der Waals surface area contributed by atoms with Crippen LogP contribution in [0.25, 0.3) is 10.8 Å². The Kier molecular flexibility index (Phi) is 3.95. The zero-order valence-electron chi connectivity index (χ0n) is 13.6. The lowest BCUT2D eigenvalue weighted by Gasteiger charge is -2.33. The van der Waals surface area contributed by atoms with Crippen molar-refractivity contribution in [1.29, 1.82) is 0 Å². The maximum absolute atomic E-state index is 11.0. The second-order valence-electron chi connectivity index (χ2n) is 7.09. The summed E-state index contributed by atoms with van der Waals surface area (Å²) in [6, 6.07) is 10.4. The maximum atomic E-state index is 11.0. The van der Waals surface area contributed by atoms with E-state index < -0.39 is 5.60 Å². The highest BCUT2D eigenvalue weighted by atomic mass is 16.3. The van der Waals surface area contributed by atoms with E-state index in [1.54, 1.807) is 0 Å². The largest absolute Gasteiger partial charge is 0.387 e. The number of pyridine rings is 1. The van der Waals surface area contributed by atoms with Crippen molar-refractivity contribution in [2.24, 2.45) is 0 Å². The number of likely N-dealkylation sites (tertiary alicyclic amines) is 1. The van der Waals surface area contributed by atoms with E-state index in [0.29, 0.717) is 6.54 Å². The molecule has 0 aliphatic carbocycles. The molecule has 2 aromatic rings. The lowest BCUT2D eigenvalue weighted by molar-refractivity contribution is 0.0169. The Hall–Kier alpha value is -1.65. The number of aromatic nitrogens is 1. The molecule has 2 fully saturated rings. The Morgan fingerprint density at radius 1 is 1.04 bits per heavy atom. The summed E-state index contributed by atoms with van der Waals surface area (Å²) in [4.78, 5) is 9.29. The molecule has 0 bridgehead atoms. The van der Waals surface area contributed by atoms with Crippen molar-refractivity contribution in [3.63, 3.8) is 0 Å². The third kappa shape index (κ3) is 3.06. The van der Waals surface area contributed by atoms with Gasteiger partial charge in [0.05, 0.1) is 5.60 Å². The lowest BCUT2D eigenvalue weighted by Crippen LogP contribution is -2.46. The normalized spacial score (nSPS) is 26.0. The second kappa shape index (κ2) is 6.10. The highest BCUT2D eigenvalue weighted by molar-refractivity contribution is 5.92. The number of nitrogens with zero attached hydrogens (tertiary/aromatic N) is 3. The van der Waals surface area contributed by atoms with Crippen LogP contribution >= 0.6 is 0 Å². The quantitative estimate of drug-likeness (QED) is 0.946. The molecule has 0 amide bonds. The van der Waals surface area contributed by atoms with Gasteiger partial charge < -0.3 is 14.9 Å². The first kappa shape index (κ1) is 14.9. The van der Waals surface area contributed by atoms with Crippen molar-refractivity contribution in [2.45, 2.75) is 31.3 Å². The average molecular weight is 311 g/mol. The highest BCUT2D eigenvalue weighted by Gasteiger charge is 2.38. The van der Waals surface area contributed by atoms with Crippen molar-refractivity contribution in [3.05, 3.63) is 36.5 Å².